The van der Waals surface area contributed by atoms with Crippen LogP contribution in [-0.4, -0.2) is 148 Å². The Morgan fingerprint density at radius 1 is 1.05 bits per heavy atom. The molecule has 1 saturated carbocycles. The number of thioether (sulfide) groups is 1. The maximum atomic E-state index is 14.4. The molecule has 0 bridgehead atoms. The number of piperazine rings is 1. The first-order valence-electron chi connectivity index (χ1n) is 21.6. The summed E-state index contributed by atoms with van der Waals surface area (Å²) in [5, 5.41) is 15.7. The van der Waals surface area contributed by atoms with Crippen LogP contribution in [0.1, 0.15) is 49.7 Å². The molecule has 8 rings (SSSR count). The molecule has 3 aromatic heterocycles. The minimum Gasteiger partial charge on any atom is -0.453 e. The van der Waals surface area contributed by atoms with Crippen LogP contribution in [0.5, 0.6) is 0 Å². The number of pyridine rings is 1. The molecule has 4 saturated heterocycles. The summed E-state index contributed by atoms with van der Waals surface area (Å²) in [6.45, 7) is 4.10. The van der Waals surface area contributed by atoms with Gasteiger partial charge < -0.3 is 35.2 Å². The number of rotatable bonds is 15. The van der Waals surface area contributed by atoms with E-state index in [1.165, 1.54) is 10.6 Å². The van der Waals surface area contributed by atoms with Gasteiger partial charge in [-0.1, -0.05) is 12.5 Å². The summed E-state index contributed by atoms with van der Waals surface area (Å²) in [5.41, 5.74) is 0.00523. The van der Waals surface area contributed by atoms with Crippen molar-refractivity contribution >= 4 is 58.6 Å². The molecule has 22 heteroatoms. The van der Waals surface area contributed by atoms with Gasteiger partial charge in [-0.15, -0.1) is 5.10 Å². The summed E-state index contributed by atoms with van der Waals surface area (Å²) >= 11 is 1.87. The van der Waals surface area contributed by atoms with Crippen molar-refractivity contribution in [2.75, 3.05) is 82.1 Å². The minimum atomic E-state index is -4.82. The SMILES string of the molecule is COC(=O)Nc1cc(C(F)(F)F)c(-c2nc(N3CCOCC3)c3cc(CN4CCN(C(=O)CNC(=O)/C=C/C5CCC5C(=O)CCCC[C@@H]5SCC6NC(=O)NC65)CC4)cn3n2)cn1. The van der Waals surface area contributed by atoms with E-state index in [2.05, 4.69) is 46.0 Å². The lowest BCUT2D eigenvalue weighted by molar-refractivity contribution is -0.137. The number of hydrogen-bond donors (Lipinski definition) is 4. The van der Waals surface area contributed by atoms with Gasteiger partial charge in [0.1, 0.15) is 17.1 Å². The van der Waals surface area contributed by atoms with Gasteiger partial charge in [0, 0.05) is 81.5 Å². The predicted molar refractivity (Wildman–Crippen MR) is 229 cm³/mol. The molecule has 0 radical (unpaired) electrons. The number of carbonyl (C=O) groups excluding carboxylic acids is 5. The zero-order chi connectivity index (χ0) is 45.0. The number of methoxy groups -OCH3 is 1. The number of unbranched alkanes of at least 4 members (excludes halogenated alkanes) is 1. The number of amides is 5. The highest BCUT2D eigenvalue weighted by Gasteiger charge is 2.43. The quantitative estimate of drug-likeness (QED) is 0.0982. The van der Waals surface area contributed by atoms with Crippen molar-refractivity contribution < 1.29 is 46.6 Å². The third-order valence-corrected chi connectivity index (χ3v) is 14.1. The van der Waals surface area contributed by atoms with Crippen molar-refractivity contribution in [3.63, 3.8) is 0 Å². The van der Waals surface area contributed by atoms with E-state index in [-0.39, 0.29) is 71.3 Å². The van der Waals surface area contributed by atoms with Crippen LogP contribution in [0, 0.1) is 11.8 Å². The lowest BCUT2D eigenvalue weighted by atomic mass is 9.70. The van der Waals surface area contributed by atoms with Gasteiger partial charge in [-0.05, 0) is 55.4 Å². The number of fused-ring (bicyclic) bond motifs is 2. The van der Waals surface area contributed by atoms with Gasteiger partial charge in [0.05, 0.1) is 50.1 Å². The second-order valence-electron chi connectivity index (χ2n) is 16.7. The van der Waals surface area contributed by atoms with Crippen LogP contribution in [0.25, 0.3) is 16.9 Å². The Morgan fingerprint density at radius 3 is 2.58 bits per heavy atom. The topological polar surface area (TPSA) is 205 Å². The molecule has 64 heavy (non-hydrogen) atoms. The van der Waals surface area contributed by atoms with E-state index in [4.69, 9.17) is 4.74 Å². The van der Waals surface area contributed by atoms with Crippen molar-refractivity contribution in [1.29, 1.82) is 0 Å². The summed E-state index contributed by atoms with van der Waals surface area (Å²) in [6.07, 6.45) is 5.02. The van der Waals surface area contributed by atoms with E-state index in [0.29, 0.717) is 88.1 Å². The summed E-state index contributed by atoms with van der Waals surface area (Å²) in [6, 6.07) is 2.89. The van der Waals surface area contributed by atoms with Crippen LogP contribution in [0.2, 0.25) is 0 Å². The summed E-state index contributed by atoms with van der Waals surface area (Å²) in [7, 11) is 1.09. The van der Waals surface area contributed by atoms with Gasteiger partial charge in [-0.25, -0.2) is 24.1 Å². The first kappa shape index (κ1) is 45.1. The maximum absolute atomic E-state index is 14.4. The molecular weight excluding hydrogens is 860 g/mol. The highest BCUT2D eigenvalue weighted by Crippen LogP contribution is 2.39. The fourth-order valence-corrected chi connectivity index (χ4v) is 10.5. The number of alkyl halides is 3. The summed E-state index contributed by atoms with van der Waals surface area (Å²) in [5.74, 6) is 0.386. The van der Waals surface area contributed by atoms with Gasteiger partial charge in [-0.2, -0.15) is 24.9 Å². The monoisotopic (exact) mass is 911 g/mol. The van der Waals surface area contributed by atoms with E-state index in [9.17, 15) is 37.1 Å². The fraction of sp³-hybridized carbons (Fsp3) is 0.571. The first-order chi connectivity index (χ1) is 30.8. The van der Waals surface area contributed by atoms with Gasteiger partial charge in [-0.3, -0.25) is 24.6 Å². The molecule has 7 heterocycles. The highest BCUT2D eigenvalue weighted by molar-refractivity contribution is 8.00. The number of urea groups is 1. The van der Waals surface area contributed by atoms with Crippen molar-refractivity contribution in [3.8, 4) is 11.4 Å². The number of carbonyl (C=O) groups is 5. The Labute approximate surface area is 371 Å². The van der Waals surface area contributed by atoms with Gasteiger partial charge in [0.15, 0.2) is 11.6 Å². The number of nitrogens with one attached hydrogen (secondary N) is 4. The summed E-state index contributed by atoms with van der Waals surface area (Å²) < 4.78 is 54.7. The number of ketones is 1. The van der Waals surface area contributed by atoms with Crippen LogP contribution >= 0.6 is 11.8 Å². The predicted octanol–water partition coefficient (Wildman–Crippen LogP) is 3.46. The fourth-order valence-electron chi connectivity index (χ4n) is 8.92. The molecule has 5 atom stereocenters. The largest absolute Gasteiger partial charge is 0.453 e. The number of aromatic nitrogens is 4. The molecule has 344 valence electrons. The average Bonchev–Trinajstić information content (AvgIpc) is 3.97. The Balaban J connectivity index is 0.813. The first-order valence-corrected chi connectivity index (χ1v) is 22.7. The average molecular weight is 912 g/mol. The molecule has 4 N–H and O–H groups in total. The zero-order valence-electron chi connectivity index (χ0n) is 35.4. The van der Waals surface area contributed by atoms with Crippen molar-refractivity contribution in [2.24, 2.45) is 11.8 Å². The third-order valence-electron chi connectivity index (χ3n) is 12.6. The normalized spacial score (nSPS) is 23.7. The van der Waals surface area contributed by atoms with Crippen LogP contribution in [0.4, 0.5) is 34.4 Å². The molecule has 4 aliphatic heterocycles. The van der Waals surface area contributed by atoms with Crippen LogP contribution in [0.15, 0.2) is 36.7 Å². The number of nitrogens with zero attached hydrogens (tertiary/aromatic N) is 7. The second-order valence-corrected chi connectivity index (χ2v) is 18.0. The Morgan fingerprint density at radius 2 is 1.84 bits per heavy atom. The molecule has 5 aliphatic rings. The number of allylic oxidation sites excluding steroid dienone is 1. The van der Waals surface area contributed by atoms with E-state index in [0.717, 1.165) is 56.7 Å². The van der Waals surface area contributed by atoms with Crippen LogP contribution in [0.3, 0.4) is 0 Å². The van der Waals surface area contributed by atoms with E-state index >= 15 is 0 Å². The van der Waals surface area contributed by atoms with Gasteiger partial charge in [0.2, 0.25) is 11.8 Å². The van der Waals surface area contributed by atoms with Crippen molar-refractivity contribution in [2.45, 2.75) is 68.6 Å². The molecule has 0 spiro atoms. The molecule has 4 unspecified atom stereocenters. The molecule has 5 amide bonds. The van der Waals surface area contributed by atoms with Gasteiger partial charge in [0.25, 0.3) is 0 Å². The summed E-state index contributed by atoms with van der Waals surface area (Å²) in [4.78, 5) is 76.5. The van der Waals surface area contributed by atoms with E-state index in [1.807, 2.05) is 22.7 Å². The van der Waals surface area contributed by atoms with E-state index in [1.54, 1.807) is 17.2 Å². The molecule has 5 fully saturated rings. The maximum Gasteiger partial charge on any atom is 0.417 e. The highest BCUT2D eigenvalue weighted by atomic mass is 32.2. The molecule has 0 aromatic carbocycles. The van der Waals surface area contributed by atoms with Crippen molar-refractivity contribution in [3.05, 3.63) is 47.8 Å². The Hall–Kier alpha value is -5.48. The lowest BCUT2D eigenvalue weighted by Crippen LogP contribution is -2.50. The molecule has 3 aromatic rings. The minimum absolute atomic E-state index is 0.0153. The standard InChI is InChI=1S/C42H52F3N11O7S/c1-62-41(61)49-34-19-29(42(43,44)45)28(20-46-34)38-51-39(55-14-16-63-17-15-55)31-18-25(23-56(31)52-38)22-53-10-12-54(13-11-53)36(59)21-47-35(58)9-7-26-6-8-27(26)32(57)4-2-3-5-33-37-30(24-64-33)48-40(60)50-37/h7,9,18-20,23,26-27,30,33,37H,2-6,8,10-17,21-22,24H2,1H3,(H,47,58)(H,46,49,61)(H2,48,50,60)/b9-7+/t26?,27?,30?,33-,37?/m0/s1. The lowest BCUT2D eigenvalue weighted by Gasteiger charge is -2.34. The second kappa shape index (κ2) is 19.7. The molecule has 1 aliphatic carbocycles. The number of morpholine rings is 1. The smallest absolute Gasteiger partial charge is 0.417 e. The number of Topliss-reactive ketones (excluding diaryl/α,β-unsaturated/α-hetero) is 1. The number of ether oxygens (including phenoxy) is 2. The number of anilines is 2. The van der Waals surface area contributed by atoms with Crippen LogP contribution in [-0.2, 0) is 36.6 Å². The number of hydrogen-bond acceptors (Lipinski definition) is 13. The Bertz CT molecular complexity index is 2260. The molecule has 18 nitrogen and oxygen atoms in total. The van der Waals surface area contributed by atoms with Gasteiger partial charge >= 0.3 is 18.3 Å². The van der Waals surface area contributed by atoms with Crippen LogP contribution < -0.4 is 26.2 Å². The third kappa shape index (κ3) is 10.5. The molecular formula is C42H52F3N11O7S. The van der Waals surface area contributed by atoms with E-state index < -0.39 is 17.8 Å². The van der Waals surface area contributed by atoms with Crippen molar-refractivity contribution in [1.82, 2.24) is 45.3 Å². The Kier molecular flexibility index (Phi) is 13.9. The number of halogens is 3. The zero-order valence-corrected chi connectivity index (χ0v) is 36.2.